The number of aromatic nitrogens is 3. The summed E-state index contributed by atoms with van der Waals surface area (Å²) in [5.41, 5.74) is 6.26. The van der Waals surface area contributed by atoms with Gasteiger partial charge in [-0.2, -0.15) is 0 Å². The van der Waals surface area contributed by atoms with E-state index in [-0.39, 0.29) is 11.8 Å². The van der Waals surface area contributed by atoms with Crippen LogP contribution in [-0.4, -0.2) is 25.9 Å². The smallest absolute Gasteiger partial charge is 0.259 e. The molecule has 2 aromatic carbocycles. The zero-order valence-corrected chi connectivity index (χ0v) is 17.6. The van der Waals surface area contributed by atoms with Crippen LogP contribution < -0.4 is 5.32 Å². The van der Waals surface area contributed by atoms with Crippen molar-refractivity contribution in [1.29, 1.82) is 0 Å². The Balaban J connectivity index is 1.65. The third kappa shape index (κ3) is 2.58. The van der Waals surface area contributed by atoms with Gasteiger partial charge in [-0.25, -0.2) is 0 Å². The molecule has 5 aromatic rings. The third-order valence-corrected chi connectivity index (χ3v) is 6.58. The highest BCUT2D eigenvalue weighted by atomic mass is 16.2. The van der Waals surface area contributed by atoms with Crippen molar-refractivity contribution in [1.82, 2.24) is 19.4 Å². The number of hydrogen-bond acceptors (Lipinski definition) is 3. The Hall–Kier alpha value is -4.45. The average molecular weight is 430 g/mol. The van der Waals surface area contributed by atoms with Gasteiger partial charge in [-0.05, 0) is 24.3 Å². The maximum absolute atomic E-state index is 13.1. The maximum Gasteiger partial charge on any atom is 0.259 e. The van der Waals surface area contributed by atoms with Gasteiger partial charge in [0.25, 0.3) is 11.8 Å². The summed E-state index contributed by atoms with van der Waals surface area (Å²) in [5, 5.41) is 4.42. The fourth-order valence-electron chi connectivity index (χ4n) is 5.18. The molecule has 1 N–H and O–H groups in total. The standard InChI is InChI=1S/C27H18N4O2/c32-26-24-20-14-30(22-10-3-1-8-18(20)22)12-16-6-5-7-17(28-16)13-31-15-21(25(24)27(33)29-26)19-9-2-4-11-23(19)31/h1-11,14-15H,12-13H2,(H,29,32,33). The minimum atomic E-state index is -0.358. The first-order chi connectivity index (χ1) is 16.2. The minimum Gasteiger partial charge on any atom is -0.341 e. The van der Waals surface area contributed by atoms with E-state index in [9.17, 15) is 9.59 Å². The second-order valence-electron chi connectivity index (χ2n) is 8.53. The van der Waals surface area contributed by atoms with Crippen LogP contribution >= 0.6 is 0 Å². The zero-order chi connectivity index (χ0) is 22.1. The van der Waals surface area contributed by atoms with Crippen LogP contribution in [0.3, 0.4) is 0 Å². The summed E-state index contributed by atoms with van der Waals surface area (Å²) >= 11 is 0. The fourth-order valence-corrected chi connectivity index (χ4v) is 5.18. The predicted octanol–water partition coefficient (Wildman–Crippen LogP) is 3.97. The summed E-state index contributed by atoms with van der Waals surface area (Å²) in [7, 11) is 0. The number of rotatable bonds is 0. The molecule has 0 unspecified atom stereocenters. The van der Waals surface area contributed by atoms with Crippen LogP contribution in [0.1, 0.15) is 22.5 Å². The molecule has 3 aromatic heterocycles. The number of amides is 2. The number of para-hydroxylation sites is 2. The molecule has 2 aliphatic rings. The van der Waals surface area contributed by atoms with Crippen LogP contribution in [0.15, 0.2) is 79.1 Å². The second-order valence-corrected chi connectivity index (χ2v) is 8.53. The largest absolute Gasteiger partial charge is 0.341 e. The summed E-state index contributed by atoms with van der Waals surface area (Å²) in [6.45, 7) is 1.15. The van der Waals surface area contributed by atoms with Crippen molar-refractivity contribution in [3.8, 4) is 0 Å². The Morgan fingerprint density at radius 1 is 0.636 bits per heavy atom. The summed E-state index contributed by atoms with van der Waals surface area (Å²) < 4.78 is 4.21. The zero-order valence-electron chi connectivity index (χ0n) is 17.6. The number of carbonyl (C=O) groups is 2. The highest BCUT2D eigenvalue weighted by Crippen LogP contribution is 2.39. The molecule has 158 valence electrons. The molecule has 7 rings (SSSR count). The van der Waals surface area contributed by atoms with E-state index in [1.807, 2.05) is 79.1 Å². The van der Waals surface area contributed by atoms with Crippen molar-refractivity contribution in [3.63, 3.8) is 0 Å². The SMILES string of the molecule is O=C1NC(=O)C2=C1c1cn(c3ccccc13)Cc1cccc(n1)Cn1cc2c2ccccc21. The van der Waals surface area contributed by atoms with Gasteiger partial charge < -0.3 is 9.13 Å². The van der Waals surface area contributed by atoms with Gasteiger partial charge in [0.15, 0.2) is 0 Å². The number of fused-ring (bicyclic) bond motifs is 14. The normalized spacial score (nSPS) is 15.3. The first-order valence-electron chi connectivity index (χ1n) is 10.9. The van der Waals surface area contributed by atoms with E-state index in [1.165, 1.54) is 0 Å². The van der Waals surface area contributed by atoms with Gasteiger partial charge in [-0.3, -0.25) is 19.9 Å². The van der Waals surface area contributed by atoms with E-state index >= 15 is 0 Å². The van der Waals surface area contributed by atoms with Gasteiger partial charge in [0.1, 0.15) is 0 Å². The number of nitrogens with one attached hydrogen (secondary N) is 1. The summed E-state index contributed by atoms with van der Waals surface area (Å²) in [4.78, 5) is 31.2. The number of hydrogen-bond donors (Lipinski definition) is 1. The topological polar surface area (TPSA) is 68.9 Å². The van der Waals surface area contributed by atoms with Crippen LogP contribution in [0.2, 0.25) is 0 Å². The Kier molecular flexibility index (Phi) is 3.59. The minimum absolute atomic E-state index is 0.358. The Bertz CT molecular complexity index is 1570. The molecule has 0 saturated carbocycles. The van der Waals surface area contributed by atoms with Gasteiger partial charge in [0, 0.05) is 45.3 Å². The van der Waals surface area contributed by atoms with Gasteiger partial charge in [0.2, 0.25) is 0 Å². The predicted molar refractivity (Wildman–Crippen MR) is 126 cm³/mol. The molecule has 5 heterocycles. The van der Waals surface area contributed by atoms with E-state index in [2.05, 4.69) is 14.5 Å². The summed E-state index contributed by atoms with van der Waals surface area (Å²) in [6.07, 6.45) is 3.95. The Labute approximate surface area is 188 Å². The molecule has 0 fully saturated rings. The first-order valence-corrected chi connectivity index (χ1v) is 10.9. The van der Waals surface area contributed by atoms with E-state index in [0.29, 0.717) is 24.2 Å². The van der Waals surface area contributed by atoms with Crippen molar-refractivity contribution in [2.45, 2.75) is 13.1 Å². The van der Waals surface area contributed by atoms with Crippen molar-refractivity contribution < 1.29 is 9.59 Å². The lowest BCUT2D eigenvalue weighted by molar-refractivity contribution is -0.122. The average Bonchev–Trinajstić information content (AvgIpc) is 3.45. The van der Waals surface area contributed by atoms with Crippen LogP contribution in [0.4, 0.5) is 0 Å². The number of carbonyl (C=O) groups excluding carboxylic acids is 2. The van der Waals surface area contributed by atoms with Crippen LogP contribution in [0, 0.1) is 0 Å². The fraction of sp³-hybridized carbons (Fsp3) is 0.0741. The maximum atomic E-state index is 13.1. The molecule has 6 bridgehead atoms. The van der Waals surface area contributed by atoms with Crippen LogP contribution in [-0.2, 0) is 22.7 Å². The van der Waals surface area contributed by atoms with Gasteiger partial charge >= 0.3 is 0 Å². The highest BCUT2D eigenvalue weighted by Gasteiger charge is 2.35. The van der Waals surface area contributed by atoms with Crippen molar-refractivity contribution in [2.75, 3.05) is 0 Å². The van der Waals surface area contributed by atoms with Crippen molar-refractivity contribution in [3.05, 3.63) is 102 Å². The van der Waals surface area contributed by atoms with Crippen LogP contribution in [0.5, 0.6) is 0 Å². The molecule has 6 heteroatoms. The highest BCUT2D eigenvalue weighted by molar-refractivity contribution is 6.50. The molecule has 2 aliphatic heterocycles. The van der Waals surface area contributed by atoms with Gasteiger partial charge in [-0.1, -0.05) is 42.5 Å². The lowest BCUT2D eigenvalue weighted by Gasteiger charge is -2.09. The monoisotopic (exact) mass is 430 g/mol. The van der Waals surface area contributed by atoms with Crippen molar-refractivity contribution >= 4 is 44.8 Å². The molecule has 0 radical (unpaired) electrons. The van der Waals surface area contributed by atoms with E-state index in [1.54, 1.807) is 0 Å². The molecule has 0 aliphatic carbocycles. The summed E-state index contributed by atoms with van der Waals surface area (Å²) in [6, 6.07) is 22.0. The molecule has 0 saturated heterocycles. The van der Waals surface area contributed by atoms with Gasteiger partial charge in [-0.15, -0.1) is 0 Å². The lowest BCUT2D eigenvalue weighted by atomic mass is 9.95. The number of nitrogens with zero attached hydrogens (tertiary/aromatic N) is 3. The lowest BCUT2D eigenvalue weighted by Crippen LogP contribution is -2.22. The second kappa shape index (κ2) is 6.53. The molecule has 6 nitrogen and oxygen atoms in total. The number of imide groups is 1. The quantitative estimate of drug-likeness (QED) is 0.378. The third-order valence-electron chi connectivity index (χ3n) is 6.58. The van der Waals surface area contributed by atoms with Crippen LogP contribution in [0.25, 0.3) is 33.0 Å². The number of benzene rings is 2. The number of pyridine rings is 1. The molecule has 33 heavy (non-hydrogen) atoms. The van der Waals surface area contributed by atoms with Gasteiger partial charge in [0.05, 0.1) is 35.6 Å². The Morgan fingerprint density at radius 3 is 1.64 bits per heavy atom. The molecule has 0 atom stereocenters. The molecule has 0 spiro atoms. The molecule has 2 amide bonds. The summed E-state index contributed by atoms with van der Waals surface area (Å²) in [5.74, 6) is -0.716. The van der Waals surface area contributed by atoms with Crippen molar-refractivity contribution in [2.24, 2.45) is 0 Å². The Morgan fingerprint density at radius 2 is 1.12 bits per heavy atom. The molecular weight excluding hydrogens is 412 g/mol. The first kappa shape index (κ1) is 18.2. The van der Waals surface area contributed by atoms with E-state index in [4.69, 9.17) is 4.98 Å². The molecular formula is C27H18N4O2. The van der Waals surface area contributed by atoms with E-state index in [0.717, 1.165) is 44.3 Å². The van der Waals surface area contributed by atoms with E-state index < -0.39 is 0 Å².